The van der Waals surface area contributed by atoms with E-state index in [0.29, 0.717) is 5.69 Å². The van der Waals surface area contributed by atoms with Crippen LogP contribution in [-0.4, -0.2) is 37.2 Å². The quantitative estimate of drug-likeness (QED) is 0.635. The molecule has 1 amide bonds. The highest BCUT2D eigenvalue weighted by Gasteiger charge is 2.30. The predicted molar refractivity (Wildman–Crippen MR) is 86.2 cm³/mol. The van der Waals surface area contributed by atoms with Gasteiger partial charge in [0.1, 0.15) is 0 Å². The van der Waals surface area contributed by atoms with Gasteiger partial charge in [0, 0.05) is 11.6 Å². The maximum Gasteiger partial charge on any atom is 0.337 e. The summed E-state index contributed by atoms with van der Waals surface area (Å²) >= 11 is 5.06. The van der Waals surface area contributed by atoms with E-state index in [1.54, 1.807) is 0 Å². The second-order valence-electron chi connectivity index (χ2n) is 5.00. The number of anilines is 1. The summed E-state index contributed by atoms with van der Waals surface area (Å²) in [7, 11) is 2.47. The molecule has 1 aliphatic rings. The maximum absolute atomic E-state index is 11.7. The first kappa shape index (κ1) is 16.9. The topological polar surface area (TPSA) is 93.7 Å². The van der Waals surface area contributed by atoms with E-state index in [4.69, 9.17) is 12.2 Å². The second kappa shape index (κ2) is 7.19. The minimum Gasteiger partial charge on any atom is -0.465 e. The van der Waals surface area contributed by atoms with Crippen molar-refractivity contribution in [2.75, 3.05) is 19.5 Å². The first-order chi connectivity index (χ1) is 10.9. The van der Waals surface area contributed by atoms with Gasteiger partial charge in [-0.2, -0.15) is 0 Å². The van der Waals surface area contributed by atoms with Crippen LogP contribution in [0.2, 0.25) is 0 Å². The number of rotatable bonds is 4. The molecule has 0 radical (unpaired) electrons. The molecule has 0 spiro atoms. The Kier molecular flexibility index (Phi) is 5.28. The molecular weight excluding hydrogens is 320 g/mol. The van der Waals surface area contributed by atoms with Crippen LogP contribution >= 0.6 is 12.2 Å². The standard InChI is InChI=1S/C15H16N2O5S/c1-21-13(19)9-5-10(14(20)22-2)7-11(6-9)16-15(23)17-12(18)8-3-4-8/h5-8H,3-4H2,1-2H3,(H2,16,17,18,23). The molecule has 1 aromatic carbocycles. The first-order valence-corrected chi connectivity index (χ1v) is 7.29. The highest BCUT2D eigenvalue weighted by Crippen LogP contribution is 2.28. The molecule has 0 aromatic heterocycles. The summed E-state index contributed by atoms with van der Waals surface area (Å²) in [4.78, 5) is 35.0. The van der Waals surface area contributed by atoms with Crippen molar-refractivity contribution in [2.24, 2.45) is 5.92 Å². The molecule has 0 saturated heterocycles. The summed E-state index contributed by atoms with van der Waals surface area (Å²) in [5, 5.41) is 5.44. The van der Waals surface area contributed by atoms with Crippen molar-refractivity contribution in [1.29, 1.82) is 0 Å². The van der Waals surface area contributed by atoms with Crippen LogP contribution in [0.15, 0.2) is 18.2 Å². The number of methoxy groups -OCH3 is 2. The molecular formula is C15H16N2O5S. The molecule has 23 heavy (non-hydrogen) atoms. The van der Waals surface area contributed by atoms with Gasteiger partial charge in [-0.05, 0) is 43.3 Å². The van der Waals surface area contributed by atoms with Crippen LogP contribution in [0.1, 0.15) is 33.6 Å². The van der Waals surface area contributed by atoms with Crippen molar-refractivity contribution < 1.29 is 23.9 Å². The molecule has 1 saturated carbocycles. The van der Waals surface area contributed by atoms with E-state index >= 15 is 0 Å². The molecule has 0 heterocycles. The Morgan fingerprint density at radius 3 is 2.00 bits per heavy atom. The van der Waals surface area contributed by atoms with Gasteiger partial charge in [-0.3, -0.25) is 4.79 Å². The summed E-state index contributed by atoms with van der Waals surface area (Å²) in [5.41, 5.74) is 0.692. The lowest BCUT2D eigenvalue weighted by Crippen LogP contribution is -2.35. The molecule has 0 unspecified atom stereocenters. The fourth-order valence-electron chi connectivity index (χ4n) is 1.89. The van der Waals surface area contributed by atoms with Crippen LogP contribution in [0.3, 0.4) is 0 Å². The van der Waals surface area contributed by atoms with Crippen molar-refractivity contribution in [1.82, 2.24) is 5.32 Å². The van der Waals surface area contributed by atoms with Gasteiger partial charge in [-0.15, -0.1) is 0 Å². The highest BCUT2D eigenvalue weighted by molar-refractivity contribution is 7.80. The lowest BCUT2D eigenvalue weighted by atomic mass is 10.1. The van der Waals surface area contributed by atoms with Gasteiger partial charge in [0.15, 0.2) is 5.11 Å². The zero-order valence-electron chi connectivity index (χ0n) is 12.7. The number of carbonyl (C=O) groups is 3. The van der Waals surface area contributed by atoms with Gasteiger partial charge in [-0.1, -0.05) is 0 Å². The number of benzene rings is 1. The highest BCUT2D eigenvalue weighted by atomic mass is 32.1. The number of esters is 2. The Morgan fingerprint density at radius 1 is 1.04 bits per heavy atom. The number of thiocarbonyl (C=S) groups is 1. The lowest BCUT2D eigenvalue weighted by Gasteiger charge is -2.11. The molecule has 7 nitrogen and oxygen atoms in total. The number of amides is 1. The maximum atomic E-state index is 11.7. The third-order valence-corrected chi connectivity index (χ3v) is 3.42. The summed E-state index contributed by atoms with van der Waals surface area (Å²) < 4.78 is 9.29. The van der Waals surface area contributed by atoms with Crippen molar-refractivity contribution in [3.05, 3.63) is 29.3 Å². The molecule has 0 aliphatic heterocycles. The number of hydrogen-bond acceptors (Lipinski definition) is 6. The normalized spacial score (nSPS) is 13.0. The van der Waals surface area contributed by atoms with Crippen LogP contribution < -0.4 is 10.6 Å². The van der Waals surface area contributed by atoms with E-state index in [1.807, 2.05) is 0 Å². The van der Waals surface area contributed by atoms with Crippen LogP contribution in [0.25, 0.3) is 0 Å². The third-order valence-electron chi connectivity index (χ3n) is 3.22. The van der Waals surface area contributed by atoms with E-state index in [1.165, 1.54) is 32.4 Å². The van der Waals surface area contributed by atoms with E-state index in [2.05, 4.69) is 20.1 Å². The van der Waals surface area contributed by atoms with Gasteiger partial charge < -0.3 is 20.1 Å². The number of nitrogens with one attached hydrogen (secondary N) is 2. The smallest absolute Gasteiger partial charge is 0.337 e. The molecule has 122 valence electrons. The van der Waals surface area contributed by atoms with Gasteiger partial charge in [0.05, 0.1) is 25.3 Å². The number of carbonyl (C=O) groups excluding carboxylic acids is 3. The molecule has 2 rings (SSSR count). The largest absolute Gasteiger partial charge is 0.465 e. The van der Waals surface area contributed by atoms with Crippen LogP contribution in [-0.2, 0) is 14.3 Å². The van der Waals surface area contributed by atoms with Gasteiger partial charge in [0.25, 0.3) is 0 Å². The fraction of sp³-hybridized carbons (Fsp3) is 0.333. The van der Waals surface area contributed by atoms with E-state index in [-0.39, 0.29) is 28.1 Å². The molecule has 2 N–H and O–H groups in total. The molecule has 1 aromatic rings. The molecule has 1 fully saturated rings. The summed E-state index contributed by atoms with van der Waals surface area (Å²) in [6, 6.07) is 4.29. The van der Waals surface area contributed by atoms with Crippen LogP contribution in [0, 0.1) is 5.92 Å². The monoisotopic (exact) mass is 336 g/mol. The van der Waals surface area contributed by atoms with Crippen molar-refractivity contribution >= 4 is 40.9 Å². The average molecular weight is 336 g/mol. The van der Waals surface area contributed by atoms with Crippen molar-refractivity contribution in [3.8, 4) is 0 Å². The zero-order chi connectivity index (χ0) is 17.0. The van der Waals surface area contributed by atoms with E-state index in [9.17, 15) is 14.4 Å². The average Bonchev–Trinajstić information content (AvgIpc) is 3.37. The second-order valence-corrected chi connectivity index (χ2v) is 5.41. The minimum atomic E-state index is -0.605. The Bertz CT molecular complexity index is 636. The molecule has 8 heteroatoms. The lowest BCUT2D eigenvalue weighted by molar-refractivity contribution is -0.120. The van der Waals surface area contributed by atoms with Gasteiger partial charge in [-0.25, -0.2) is 9.59 Å². The van der Waals surface area contributed by atoms with E-state index in [0.717, 1.165) is 12.8 Å². The predicted octanol–water partition coefficient (Wildman–Crippen LogP) is 1.48. The van der Waals surface area contributed by atoms with Crippen LogP contribution in [0.5, 0.6) is 0 Å². The number of ether oxygens (including phenoxy) is 2. The first-order valence-electron chi connectivity index (χ1n) is 6.88. The minimum absolute atomic E-state index is 0.0155. The Labute approximate surface area is 138 Å². The van der Waals surface area contributed by atoms with Crippen LogP contribution in [0.4, 0.5) is 5.69 Å². The fourth-order valence-corrected chi connectivity index (χ4v) is 2.11. The van der Waals surface area contributed by atoms with Crippen molar-refractivity contribution in [3.63, 3.8) is 0 Å². The Hall–Kier alpha value is -2.48. The molecule has 1 aliphatic carbocycles. The number of hydrogen-bond donors (Lipinski definition) is 2. The van der Waals surface area contributed by atoms with Gasteiger partial charge in [0.2, 0.25) is 5.91 Å². The summed E-state index contributed by atoms with van der Waals surface area (Å²) in [6.45, 7) is 0. The SMILES string of the molecule is COC(=O)c1cc(NC(=S)NC(=O)C2CC2)cc(C(=O)OC)c1. The molecule has 0 atom stereocenters. The summed E-state index contributed by atoms with van der Waals surface area (Å²) in [6.07, 6.45) is 1.72. The van der Waals surface area contributed by atoms with Crippen molar-refractivity contribution in [2.45, 2.75) is 12.8 Å². The Morgan fingerprint density at radius 2 is 1.57 bits per heavy atom. The zero-order valence-corrected chi connectivity index (χ0v) is 13.5. The third kappa shape index (κ3) is 4.49. The molecule has 0 bridgehead atoms. The van der Waals surface area contributed by atoms with E-state index < -0.39 is 11.9 Å². The van der Waals surface area contributed by atoms with Gasteiger partial charge >= 0.3 is 11.9 Å². The summed E-state index contributed by atoms with van der Waals surface area (Å²) in [5.74, 6) is -1.33. The Balaban J connectivity index is 2.18.